The van der Waals surface area contributed by atoms with E-state index >= 15 is 0 Å². The molecule has 1 N–H and O–H groups in total. The standard InChI is InChI=1S/C16H11F3O3/c17-16(18,19)12-5-1-4-11(10-12)13(6-2-8-15(20)21)14-7-3-9-22-14/h1-10H,(H,20,21)/b8-2+,13-6-. The number of furan rings is 1. The molecular formula is C16H11F3O3. The van der Waals surface area contributed by atoms with Crippen LogP contribution in [0, 0.1) is 0 Å². The Hall–Kier alpha value is -2.76. The van der Waals surface area contributed by atoms with Crippen molar-refractivity contribution < 1.29 is 27.5 Å². The number of rotatable bonds is 4. The molecule has 22 heavy (non-hydrogen) atoms. The molecule has 0 aliphatic carbocycles. The molecule has 2 aromatic rings. The molecule has 2 rings (SSSR count). The smallest absolute Gasteiger partial charge is 0.416 e. The van der Waals surface area contributed by atoms with Gasteiger partial charge in [0.1, 0.15) is 5.76 Å². The molecular weight excluding hydrogens is 297 g/mol. The molecule has 1 aromatic heterocycles. The van der Waals surface area contributed by atoms with E-state index in [0.717, 1.165) is 18.2 Å². The summed E-state index contributed by atoms with van der Waals surface area (Å²) in [6.45, 7) is 0. The van der Waals surface area contributed by atoms with Crippen molar-refractivity contribution in [1.82, 2.24) is 0 Å². The van der Waals surface area contributed by atoms with Crippen molar-refractivity contribution in [3.05, 3.63) is 77.8 Å². The molecule has 0 aliphatic heterocycles. The summed E-state index contributed by atoms with van der Waals surface area (Å²) in [6, 6.07) is 7.92. The Morgan fingerprint density at radius 2 is 1.95 bits per heavy atom. The maximum Gasteiger partial charge on any atom is 0.416 e. The van der Waals surface area contributed by atoms with E-state index in [1.54, 1.807) is 12.1 Å². The van der Waals surface area contributed by atoms with Crippen molar-refractivity contribution in [3.8, 4) is 0 Å². The zero-order chi connectivity index (χ0) is 16.2. The highest BCUT2D eigenvalue weighted by atomic mass is 19.4. The number of benzene rings is 1. The van der Waals surface area contributed by atoms with E-state index < -0.39 is 17.7 Å². The van der Waals surface area contributed by atoms with E-state index in [9.17, 15) is 18.0 Å². The summed E-state index contributed by atoms with van der Waals surface area (Å²) in [5.41, 5.74) is -0.155. The number of carboxylic acid groups (broad SMARTS) is 1. The van der Waals surface area contributed by atoms with E-state index in [2.05, 4.69) is 0 Å². The molecule has 0 saturated carbocycles. The van der Waals surface area contributed by atoms with Gasteiger partial charge in [0, 0.05) is 11.6 Å². The van der Waals surface area contributed by atoms with E-state index in [-0.39, 0.29) is 5.56 Å². The van der Waals surface area contributed by atoms with E-state index in [4.69, 9.17) is 9.52 Å². The maximum absolute atomic E-state index is 12.8. The van der Waals surface area contributed by atoms with Gasteiger partial charge in [-0.05, 0) is 29.8 Å². The van der Waals surface area contributed by atoms with Crippen LogP contribution in [0.3, 0.4) is 0 Å². The van der Waals surface area contributed by atoms with Crippen LogP contribution in [0.2, 0.25) is 0 Å². The number of aliphatic carboxylic acids is 1. The van der Waals surface area contributed by atoms with Crippen LogP contribution in [0.15, 0.2) is 65.3 Å². The summed E-state index contributed by atoms with van der Waals surface area (Å²) in [5.74, 6) is -0.812. The van der Waals surface area contributed by atoms with Gasteiger partial charge in [0.15, 0.2) is 0 Å². The third kappa shape index (κ3) is 3.88. The summed E-state index contributed by atoms with van der Waals surface area (Å²) >= 11 is 0. The number of hydrogen-bond acceptors (Lipinski definition) is 2. The third-order valence-electron chi connectivity index (χ3n) is 2.79. The second kappa shape index (κ2) is 6.34. The van der Waals surface area contributed by atoms with Crippen LogP contribution in [0.5, 0.6) is 0 Å². The Labute approximate surface area is 124 Å². The van der Waals surface area contributed by atoms with Gasteiger partial charge in [0.2, 0.25) is 0 Å². The van der Waals surface area contributed by atoms with Crippen molar-refractivity contribution in [1.29, 1.82) is 0 Å². The van der Waals surface area contributed by atoms with Crippen molar-refractivity contribution in [3.63, 3.8) is 0 Å². The lowest BCUT2D eigenvalue weighted by atomic mass is 10.0. The normalized spacial score (nSPS) is 12.8. The molecule has 6 heteroatoms. The number of carboxylic acids is 1. The largest absolute Gasteiger partial charge is 0.478 e. The van der Waals surface area contributed by atoms with E-state index in [1.807, 2.05) is 0 Å². The minimum Gasteiger partial charge on any atom is -0.478 e. The molecule has 0 saturated heterocycles. The van der Waals surface area contributed by atoms with Crippen molar-refractivity contribution in [2.75, 3.05) is 0 Å². The fourth-order valence-corrected chi connectivity index (χ4v) is 1.84. The van der Waals surface area contributed by atoms with Crippen LogP contribution in [-0.2, 0) is 11.0 Å². The Bertz CT molecular complexity index is 710. The molecule has 0 bridgehead atoms. The molecule has 1 heterocycles. The molecule has 0 atom stereocenters. The second-order valence-electron chi connectivity index (χ2n) is 4.33. The SMILES string of the molecule is O=C(O)/C=C/C=C(/c1cccc(C(F)(F)F)c1)c1ccco1. The van der Waals surface area contributed by atoms with Gasteiger partial charge in [-0.2, -0.15) is 13.2 Å². The highest BCUT2D eigenvalue weighted by Gasteiger charge is 2.30. The van der Waals surface area contributed by atoms with Gasteiger partial charge in [0.25, 0.3) is 0 Å². The lowest BCUT2D eigenvalue weighted by Crippen LogP contribution is -2.05. The Kier molecular flexibility index (Phi) is 4.50. The van der Waals surface area contributed by atoms with Gasteiger partial charge in [-0.1, -0.05) is 24.3 Å². The maximum atomic E-state index is 12.8. The van der Waals surface area contributed by atoms with Crippen molar-refractivity contribution in [2.24, 2.45) is 0 Å². The average Bonchev–Trinajstić information content (AvgIpc) is 2.96. The second-order valence-corrected chi connectivity index (χ2v) is 4.33. The van der Waals surface area contributed by atoms with E-state index in [0.29, 0.717) is 11.3 Å². The summed E-state index contributed by atoms with van der Waals surface area (Å²) in [7, 11) is 0. The quantitative estimate of drug-likeness (QED) is 0.674. The molecule has 0 radical (unpaired) electrons. The summed E-state index contributed by atoms with van der Waals surface area (Å²) in [5, 5.41) is 8.59. The fourth-order valence-electron chi connectivity index (χ4n) is 1.84. The summed E-state index contributed by atoms with van der Waals surface area (Å²) in [4.78, 5) is 10.5. The molecule has 0 fully saturated rings. The number of carbonyl (C=O) groups is 1. The summed E-state index contributed by atoms with van der Waals surface area (Å²) in [6.07, 6.45) is 0.443. The number of halogens is 3. The van der Waals surface area contributed by atoms with Crippen molar-refractivity contribution in [2.45, 2.75) is 6.18 Å². The number of alkyl halides is 3. The van der Waals surface area contributed by atoms with Gasteiger partial charge < -0.3 is 9.52 Å². The topological polar surface area (TPSA) is 50.4 Å². The van der Waals surface area contributed by atoms with Crippen LogP contribution in [0.4, 0.5) is 13.2 Å². The first-order valence-corrected chi connectivity index (χ1v) is 6.21. The van der Waals surface area contributed by atoms with Crippen molar-refractivity contribution >= 4 is 11.5 Å². The fraction of sp³-hybridized carbons (Fsp3) is 0.0625. The van der Waals surface area contributed by atoms with Crippen LogP contribution in [0.1, 0.15) is 16.9 Å². The minimum absolute atomic E-state index is 0.278. The Balaban J connectivity index is 2.48. The Morgan fingerprint density at radius 3 is 2.55 bits per heavy atom. The molecule has 0 aliphatic rings. The monoisotopic (exact) mass is 308 g/mol. The minimum atomic E-state index is -4.46. The molecule has 0 amide bonds. The van der Waals surface area contributed by atoms with Gasteiger partial charge in [-0.15, -0.1) is 0 Å². The molecule has 0 spiro atoms. The van der Waals surface area contributed by atoms with E-state index in [1.165, 1.54) is 30.5 Å². The predicted molar refractivity (Wildman–Crippen MR) is 74.0 cm³/mol. The molecule has 1 aromatic carbocycles. The molecule has 114 valence electrons. The highest BCUT2D eigenvalue weighted by Crippen LogP contribution is 2.32. The predicted octanol–water partition coefficient (Wildman–Crippen LogP) is 4.37. The first-order chi connectivity index (χ1) is 10.4. The zero-order valence-corrected chi connectivity index (χ0v) is 11.2. The molecule has 3 nitrogen and oxygen atoms in total. The van der Waals surface area contributed by atoms with Crippen LogP contribution in [0.25, 0.3) is 5.57 Å². The van der Waals surface area contributed by atoms with Crippen LogP contribution >= 0.6 is 0 Å². The number of hydrogen-bond donors (Lipinski definition) is 1. The lowest BCUT2D eigenvalue weighted by molar-refractivity contribution is -0.137. The van der Waals surface area contributed by atoms with Gasteiger partial charge in [-0.3, -0.25) is 0 Å². The Morgan fingerprint density at radius 1 is 1.18 bits per heavy atom. The van der Waals surface area contributed by atoms with Gasteiger partial charge >= 0.3 is 12.1 Å². The van der Waals surface area contributed by atoms with Gasteiger partial charge in [0.05, 0.1) is 11.8 Å². The zero-order valence-electron chi connectivity index (χ0n) is 11.2. The molecule has 0 unspecified atom stereocenters. The number of allylic oxidation sites excluding steroid dienone is 2. The highest BCUT2D eigenvalue weighted by molar-refractivity contribution is 5.83. The van der Waals surface area contributed by atoms with Crippen LogP contribution in [-0.4, -0.2) is 11.1 Å². The third-order valence-corrected chi connectivity index (χ3v) is 2.79. The summed E-state index contributed by atoms with van der Waals surface area (Å²) < 4.78 is 43.6. The van der Waals surface area contributed by atoms with Crippen LogP contribution < -0.4 is 0 Å². The first kappa shape index (κ1) is 15.6. The lowest BCUT2D eigenvalue weighted by Gasteiger charge is -2.10. The van der Waals surface area contributed by atoms with Gasteiger partial charge in [-0.25, -0.2) is 4.79 Å². The first-order valence-electron chi connectivity index (χ1n) is 6.21. The average molecular weight is 308 g/mol.